The zero-order valence-corrected chi connectivity index (χ0v) is 12.6. The maximum atomic E-state index is 5.87. The number of likely N-dealkylation sites (tertiary alicyclic amines) is 1. The van der Waals surface area contributed by atoms with Gasteiger partial charge in [-0.2, -0.15) is 0 Å². The highest BCUT2D eigenvalue weighted by molar-refractivity contribution is 5.82. The molecule has 3 rings (SSSR count). The third kappa shape index (κ3) is 3.17. The highest BCUT2D eigenvalue weighted by Crippen LogP contribution is 2.22. The summed E-state index contributed by atoms with van der Waals surface area (Å²) in [4.78, 5) is 6.99. The molecule has 2 heterocycles. The molecular weight excluding hydrogens is 262 g/mol. The number of fused-ring (bicyclic) bond motifs is 1. The maximum Gasteiger partial charge on any atom is 0.214 e. The van der Waals surface area contributed by atoms with Gasteiger partial charge < -0.3 is 15.4 Å². The Kier molecular flexibility index (Phi) is 4.36. The molecule has 2 N–H and O–H groups in total. The van der Waals surface area contributed by atoms with E-state index in [0.717, 1.165) is 22.9 Å². The number of hydrogen-bond donors (Lipinski definition) is 1. The molecule has 0 radical (unpaired) electrons. The molecule has 1 aromatic carbocycles. The molecule has 1 fully saturated rings. The molecule has 21 heavy (non-hydrogen) atoms. The van der Waals surface area contributed by atoms with Gasteiger partial charge in [0.15, 0.2) is 0 Å². The zero-order valence-electron chi connectivity index (χ0n) is 12.6. The largest absolute Gasteiger partial charge is 0.478 e. The Balaban J connectivity index is 1.69. The molecule has 1 aliphatic heterocycles. The van der Waals surface area contributed by atoms with Gasteiger partial charge in [0.25, 0.3) is 0 Å². The lowest BCUT2D eigenvalue weighted by molar-refractivity contribution is 0.229. The Hall–Kier alpha value is -1.65. The predicted octanol–water partition coefficient (Wildman–Crippen LogP) is 2.56. The van der Waals surface area contributed by atoms with Crippen LogP contribution in [0.5, 0.6) is 5.88 Å². The van der Waals surface area contributed by atoms with E-state index in [-0.39, 0.29) is 0 Å². The molecule has 0 aliphatic carbocycles. The van der Waals surface area contributed by atoms with Crippen molar-refractivity contribution < 1.29 is 4.74 Å². The minimum absolute atomic E-state index is 0.505. The van der Waals surface area contributed by atoms with Crippen LogP contribution >= 0.6 is 0 Å². The lowest BCUT2D eigenvalue weighted by atomic mass is 10.1. The summed E-state index contributed by atoms with van der Waals surface area (Å²) in [5.41, 5.74) is 7.88. The van der Waals surface area contributed by atoms with E-state index in [9.17, 15) is 0 Å². The molecule has 2 aromatic rings. The fourth-order valence-electron chi connectivity index (χ4n) is 3.11. The molecule has 0 bridgehead atoms. The molecule has 1 aliphatic rings. The smallest absolute Gasteiger partial charge is 0.214 e. The van der Waals surface area contributed by atoms with Crippen LogP contribution in [0.4, 0.5) is 0 Å². The van der Waals surface area contributed by atoms with Crippen LogP contribution in [-0.2, 0) is 6.54 Å². The highest BCUT2D eigenvalue weighted by atomic mass is 16.5. The van der Waals surface area contributed by atoms with E-state index in [1.807, 2.05) is 24.3 Å². The van der Waals surface area contributed by atoms with Crippen LogP contribution in [0.3, 0.4) is 0 Å². The number of benzene rings is 1. The Morgan fingerprint density at radius 1 is 1.38 bits per heavy atom. The summed E-state index contributed by atoms with van der Waals surface area (Å²) < 4.78 is 5.87. The molecule has 1 aromatic heterocycles. The molecule has 112 valence electrons. The molecule has 4 heteroatoms. The van der Waals surface area contributed by atoms with Gasteiger partial charge in [0.05, 0.1) is 12.1 Å². The molecule has 4 nitrogen and oxygen atoms in total. The van der Waals surface area contributed by atoms with Crippen molar-refractivity contribution in [1.29, 1.82) is 0 Å². The number of para-hydroxylation sites is 1. The van der Waals surface area contributed by atoms with Crippen molar-refractivity contribution in [2.24, 2.45) is 5.73 Å². The van der Waals surface area contributed by atoms with Crippen LogP contribution in [0, 0.1) is 0 Å². The van der Waals surface area contributed by atoms with Crippen LogP contribution in [0.25, 0.3) is 10.9 Å². The van der Waals surface area contributed by atoms with Crippen molar-refractivity contribution in [2.45, 2.75) is 31.8 Å². The van der Waals surface area contributed by atoms with Gasteiger partial charge in [-0.3, -0.25) is 0 Å². The van der Waals surface area contributed by atoms with Crippen molar-refractivity contribution in [2.75, 3.05) is 20.2 Å². The SMILES string of the molecule is CN1CCCC1CCOc1cc(CN)c2ccccc2n1. The van der Waals surface area contributed by atoms with Crippen molar-refractivity contribution in [1.82, 2.24) is 9.88 Å². The molecular formula is C17H23N3O. The van der Waals surface area contributed by atoms with Gasteiger partial charge in [-0.15, -0.1) is 0 Å². The zero-order chi connectivity index (χ0) is 14.7. The molecule has 1 saturated heterocycles. The third-order valence-corrected chi connectivity index (χ3v) is 4.37. The summed E-state index contributed by atoms with van der Waals surface area (Å²) in [7, 11) is 2.19. The van der Waals surface area contributed by atoms with E-state index in [4.69, 9.17) is 10.5 Å². The Labute approximate surface area is 125 Å². The van der Waals surface area contributed by atoms with E-state index in [2.05, 4.69) is 23.0 Å². The van der Waals surface area contributed by atoms with Crippen LogP contribution in [0.2, 0.25) is 0 Å². The van der Waals surface area contributed by atoms with Gasteiger partial charge in [0.2, 0.25) is 5.88 Å². The summed E-state index contributed by atoms with van der Waals surface area (Å²) in [6, 6.07) is 10.7. The fourth-order valence-corrected chi connectivity index (χ4v) is 3.11. The number of rotatable bonds is 5. The average Bonchev–Trinajstić information content (AvgIpc) is 2.92. The first-order valence-corrected chi connectivity index (χ1v) is 7.69. The molecule has 0 saturated carbocycles. The first-order chi connectivity index (χ1) is 10.3. The second-order valence-electron chi connectivity index (χ2n) is 5.75. The molecule has 1 unspecified atom stereocenters. The van der Waals surface area contributed by atoms with E-state index in [1.54, 1.807) is 0 Å². The maximum absolute atomic E-state index is 5.87. The number of ether oxygens (including phenoxy) is 1. The summed E-state index contributed by atoms with van der Waals surface area (Å²) in [5, 5.41) is 1.11. The molecule has 0 amide bonds. The van der Waals surface area contributed by atoms with Crippen LogP contribution in [0.1, 0.15) is 24.8 Å². The predicted molar refractivity (Wildman–Crippen MR) is 85.4 cm³/mol. The summed E-state index contributed by atoms with van der Waals surface area (Å²) >= 11 is 0. The Morgan fingerprint density at radius 2 is 2.24 bits per heavy atom. The van der Waals surface area contributed by atoms with Gasteiger partial charge >= 0.3 is 0 Å². The summed E-state index contributed by atoms with van der Waals surface area (Å²) in [6.45, 7) is 2.42. The standard InChI is InChI=1S/C17H23N3O/c1-20-9-4-5-14(20)8-10-21-17-11-13(12-18)15-6-2-3-7-16(15)19-17/h2-3,6-7,11,14H,4-5,8-10,12,18H2,1H3. The van der Waals surface area contributed by atoms with E-state index in [1.165, 1.54) is 19.4 Å². The average molecular weight is 285 g/mol. The topological polar surface area (TPSA) is 51.4 Å². The van der Waals surface area contributed by atoms with Crippen LogP contribution in [0.15, 0.2) is 30.3 Å². The van der Waals surface area contributed by atoms with E-state index >= 15 is 0 Å². The summed E-state index contributed by atoms with van der Waals surface area (Å²) in [6.07, 6.45) is 3.63. The number of nitrogens with zero attached hydrogens (tertiary/aromatic N) is 2. The van der Waals surface area contributed by atoms with Gasteiger partial charge in [0, 0.05) is 24.0 Å². The molecule has 0 spiro atoms. The minimum atomic E-state index is 0.505. The Bertz CT molecular complexity index is 614. The third-order valence-electron chi connectivity index (χ3n) is 4.37. The lowest BCUT2D eigenvalue weighted by Crippen LogP contribution is -2.26. The summed E-state index contributed by atoms with van der Waals surface area (Å²) in [5.74, 6) is 0.690. The quantitative estimate of drug-likeness (QED) is 0.917. The minimum Gasteiger partial charge on any atom is -0.478 e. The van der Waals surface area contributed by atoms with Gasteiger partial charge in [0.1, 0.15) is 0 Å². The first kappa shape index (κ1) is 14.3. The number of nitrogens with two attached hydrogens (primary N) is 1. The van der Waals surface area contributed by atoms with Crippen molar-refractivity contribution in [3.8, 4) is 5.88 Å². The van der Waals surface area contributed by atoms with Gasteiger partial charge in [-0.25, -0.2) is 4.98 Å². The Morgan fingerprint density at radius 3 is 3.00 bits per heavy atom. The van der Waals surface area contributed by atoms with Crippen molar-refractivity contribution in [3.05, 3.63) is 35.9 Å². The van der Waals surface area contributed by atoms with Gasteiger partial charge in [-0.1, -0.05) is 18.2 Å². The monoisotopic (exact) mass is 285 g/mol. The molecule has 1 atom stereocenters. The van der Waals surface area contributed by atoms with Crippen LogP contribution < -0.4 is 10.5 Å². The first-order valence-electron chi connectivity index (χ1n) is 7.69. The second-order valence-corrected chi connectivity index (χ2v) is 5.75. The highest BCUT2D eigenvalue weighted by Gasteiger charge is 2.20. The van der Waals surface area contributed by atoms with Crippen LogP contribution in [-0.4, -0.2) is 36.1 Å². The van der Waals surface area contributed by atoms with Gasteiger partial charge in [-0.05, 0) is 44.5 Å². The van der Waals surface area contributed by atoms with Crippen molar-refractivity contribution in [3.63, 3.8) is 0 Å². The number of pyridine rings is 1. The number of hydrogen-bond acceptors (Lipinski definition) is 4. The van der Waals surface area contributed by atoms with Crippen molar-refractivity contribution >= 4 is 10.9 Å². The number of aromatic nitrogens is 1. The van der Waals surface area contributed by atoms with E-state index in [0.29, 0.717) is 25.1 Å². The second kappa shape index (κ2) is 6.41. The van der Waals surface area contributed by atoms with E-state index < -0.39 is 0 Å². The normalized spacial score (nSPS) is 19.2. The fraction of sp³-hybridized carbons (Fsp3) is 0.471. The lowest BCUT2D eigenvalue weighted by Gasteiger charge is -2.19.